The van der Waals surface area contributed by atoms with Gasteiger partial charge in [0.1, 0.15) is 0 Å². The Morgan fingerprint density at radius 3 is 2.68 bits per heavy atom. The predicted molar refractivity (Wildman–Crippen MR) is 99.2 cm³/mol. The summed E-state index contributed by atoms with van der Waals surface area (Å²) in [4.78, 5) is 21.8. The number of hydrogen-bond acceptors (Lipinski definition) is 4. The van der Waals surface area contributed by atoms with Crippen molar-refractivity contribution in [1.29, 1.82) is 0 Å². The second-order valence-corrected chi connectivity index (χ2v) is 6.96. The highest BCUT2D eigenvalue weighted by Crippen LogP contribution is 2.25. The smallest absolute Gasteiger partial charge is 0.253 e. The van der Waals surface area contributed by atoms with Crippen molar-refractivity contribution in [2.75, 3.05) is 31.9 Å². The van der Waals surface area contributed by atoms with Crippen molar-refractivity contribution in [2.24, 2.45) is 0 Å². The number of aromatic nitrogens is 1. The molecule has 1 aromatic carbocycles. The Hall–Kier alpha value is -2.40. The first-order valence-corrected chi connectivity index (χ1v) is 9.06. The van der Waals surface area contributed by atoms with Crippen LogP contribution in [0.15, 0.2) is 42.6 Å². The molecule has 0 saturated carbocycles. The minimum absolute atomic E-state index is 0.134. The molecule has 2 N–H and O–H groups in total. The zero-order chi connectivity index (χ0) is 17.2. The van der Waals surface area contributed by atoms with Gasteiger partial charge in [-0.3, -0.25) is 14.7 Å². The van der Waals surface area contributed by atoms with Crippen LogP contribution in [0.1, 0.15) is 29.6 Å². The number of anilines is 1. The Bertz CT molecular complexity index is 759. The maximum atomic E-state index is 12.9. The number of rotatable bonds is 2. The third-order valence-electron chi connectivity index (χ3n) is 5.33. The number of nitrogen functional groups attached to an aromatic ring is 1. The van der Waals surface area contributed by atoms with Gasteiger partial charge in [-0.15, -0.1) is 0 Å². The molecule has 2 saturated heterocycles. The van der Waals surface area contributed by atoms with Crippen molar-refractivity contribution in [1.82, 2.24) is 14.8 Å². The molecule has 1 aromatic heterocycles. The largest absolute Gasteiger partial charge is 0.397 e. The van der Waals surface area contributed by atoms with E-state index in [1.54, 1.807) is 6.20 Å². The minimum atomic E-state index is 0.134. The van der Waals surface area contributed by atoms with Gasteiger partial charge in [-0.05, 0) is 50.1 Å². The Labute approximate surface area is 148 Å². The van der Waals surface area contributed by atoms with E-state index in [0.29, 0.717) is 11.7 Å². The minimum Gasteiger partial charge on any atom is -0.397 e. The van der Waals surface area contributed by atoms with Crippen LogP contribution in [0.3, 0.4) is 0 Å². The number of pyridine rings is 1. The molecule has 4 rings (SSSR count). The van der Waals surface area contributed by atoms with Crippen LogP contribution in [0.2, 0.25) is 0 Å². The standard InChI is InChI=1S/C20H24N4O/c21-18-5-1-10-22-19(18)15-6-8-16(9-7-15)20(25)24-13-3-12-23-11-2-4-17(23)14-24/h1,5-10,17H,2-4,11-14,21H2/t17-/m0/s1. The van der Waals surface area contributed by atoms with E-state index in [1.807, 2.05) is 41.3 Å². The molecule has 0 radical (unpaired) electrons. The zero-order valence-electron chi connectivity index (χ0n) is 14.4. The molecule has 25 heavy (non-hydrogen) atoms. The topological polar surface area (TPSA) is 62.5 Å². The fourth-order valence-electron chi connectivity index (χ4n) is 4.00. The number of fused-ring (bicyclic) bond motifs is 1. The van der Waals surface area contributed by atoms with Gasteiger partial charge in [0.2, 0.25) is 0 Å². The summed E-state index contributed by atoms with van der Waals surface area (Å²) in [5.74, 6) is 0.134. The quantitative estimate of drug-likeness (QED) is 0.916. The summed E-state index contributed by atoms with van der Waals surface area (Å²) in [7, 11) is 0. The number of nitrogens with zero attached hydrogens (tertiary/aromatic N) is 3. The molecule has 0 spiro atoms. The lowest BCUT2D eigenvalue weighted by Gasteiger charge is -2.25. The molecule has 0 bridgehead atoms. The molecular formula is C20H24N4O. The van der Waals surface area contributed by atoms with E-state index in [1.165, 1.54) is 19.4 Å². The fraction of sp³-hybridized carbons (Fsp3) is 0.400. The van der Waals surface area contributed by atoms with Crippen LogP contribution >= 0.6 is 0 Å². The predicted octanol–water partition coefficient (Wildman–Crippen LogP) is 2.64. The first kappa shape index (κ1) is 16.1. The number of carbonyl (C=O) groups is 1. The van der Waals surface area contributed by atoms with Gasteiger partial charge in [-0.1, -0.05) is 12.1 Å². The van der Waals surface area contributed by atoms with Gasteiger partial charge in [-0.2, -0.15) is 0 Å². The van der Waals surface area contributed by atoms with Crippen LogP contribution in [0.5, 0.6) is 0 Å². The van der Waals surface area contributed by atoms with Crippen LogP contribution in [0.25, 0.3) is 11.3 Å². The van der Waals surface area contributed by atoms with Crippen molar-refractivity contribution in [3.05, 3.63) is 48.2 Å². The SMILES string of the molecule is Nc1cccnc1-c1ccc(C(=O)N2CCCN3CCC[C@H]3C2)cc1. The second kappa shape index (κ2) is 6.84. The normalized spacial score (nSPS) is 21.0. The van der Waals surface area contributed by atoms with Gasteiger partial charge in [-0.25, -0.2) is 0 Å². The molecule has 0 unspecified atom stereocenters. The highest BCUT2D eigenvalue weighted by atomic mass is 16.2. The molecule has 1 amide bonds. The van der Waals surface area contributed by atoms with Gasteiger partial charge < -0.3 is 10.6 Å². The molecule has 1 atom stereocenters. The lowest BCUT2D eigenvalue weighted by Crippen LogP contribution is -2.39. The van der Waals surface area contributed by atoms with Gasteiger partial charge in [0.05, 0.1) is 11.4 Å². The van der Waals surface area contributed by atoms with E-state index >= 15 is 0 Å². The van der Waals surface area contributed by atoms with E-state index in [0.717, 1.165) is 42.9 Å². The molecule has 3 heterocycles. The first-order chi connectivity index (χ1) is 12.2. The zero-order valence-corrected chi connectivity index (χ0v) is 14.4. The van der Waals surface area contributed by atoms with Crippen molar-refractivity contribution < 1.29 is 4.79 Å². The molecule has 2 fully saturated rings. The average molecular weight is 336 g/mol. The third-order valence-corrected chi connectivity index (χ3v) is 5.33. The van der Waals surface area contributed by atoms with Gasteiger partial charge in [0.25, 0.3) is 5.91 Å². The van der Waals surface area contributed by atoms with Crippen molar-refractivity contribution in [2.45, 2.75) is 25.3 Å². The first-order valence-electron chi connectivity index (χ1n) is 9.06. The summed E-state index contributed by atoms with van der Waals surface area (Å²) in [6.45, 7) is 4.01. The molecule has 2 aromatic rings. The molecule has 5 heteroatoms. The van der Waals surface area contributed by atoms with Crippen LogP contribution in [-0.4, -0.2) is 52.9 Å². The molecule has 5 nitrogen and oxygen atoms in total. The molecular weight excluding hydrogens is 312 g/mol. The Balaban J connectivity index is 1.51. The highest BCUT2D eigenvalue weighted by molar-refractivity contribution is 5.95. The number of hydrogen-bond donors (Lipinski definition) is 1. The van der Waals surface area contributed by atoms with Crippen LogP contribution < -0.4 is 5.73 Å². The van der Waals surface area contributed by atoms with Gasteiger partial charge in [0, 0.05) is 43.0 Å². The van der Waals surface area contributed by atoms with Gasteiger partial charge >= 0.3 is 0 Å². The van der Waals surface area contributed by atoms with Crippen LogP contribution in [0.4, 0.5) is 5.69 Å². The number of carbonyl (C=O) groups excluding carboxylic acids is 1. The monoisotopic (exact) mass is 336 g/mol. The van der Waals surface area contributed by atoms with Crippen LogP contribution in [-0.2, 0) is 0 Å². The van der Waals surface area contributed by atoms with E-state index in [-0.39, 0.29) is 5.91 Å². The van der Waals surface area contributed by atoms with E-state index < -0.39 is 0 Å². The van der Waals surface area contributed by atoms with Crippen molar-refractivity contribution >= 4 is 11.6 Å². The summed E-state index contributed by atoms with van der Waals surface area (Å²) < 4.78 is 0. The number of benzene rings is 1. The fourth-order valence-corrected chi connectivity index (χ4v) is 4.00. The molecule has 2 aliphatic heterocycles. The number of nitrogens with two attached hydrogens (primary N) is 1. The van der Waals surface area contributed by atoms with Crippen LogP contribution in [0, 0.1) is 0 Å². The highest BCUT2D eigenvalue weighted by Gasteiger charge is 2.30. The molecule has 130 valence electrons. The molecule has 0 aliphatic carbocycles. The van der Waals surface area contributed by atoms with Gasteiger partial charge in [0.15, 0.2) is 0 Å². The lowest BCUT2D eigenvalue weighted by molar-refractivity contribution is 0.0743. The van der Waals surface area contributed by atoms with E-state index in [4.69, 9.17) is 5.73 Å². The Morgan fingerprint density at radius 1 is 1.08 bits per heavy atom. The van der Waals surface area contributed by atoms with Crippen molar-refractivity contribution in [3.8, 4) is 11.3 Å². The maximum Gasteiger partial charge on any atom is 0.253 e. The Morgan fingerprint density at radius 2 is 1.88 bits per heavy atom. The second-order valence-electron chi connectivity index (χ2n) is 6.96. The van der Waals surface area contributed by atoms with E-state index in [9.17, 15) is 4.79 Å². The summed E-state index contributed by atoms with van der Waals surface area (Å²) in [6.07, 6.45) is 5.26. The third kappa shape index (κ3) is 3.24. The Kier molecular flexibility index (Phi) is 4.40. The average Bonchev–Trinajstić information content (AvgIpc) is 2.98. The summed E-state index contributed by atoms with van der Waals surface area (Å²) in [5, 5.41) is 0. The van der Waals surface area contributed by atoms with Crippen molar-refractivity contribution in [3.63, 3.8) is 0 Å². The maximum absolute atomic E-state index is 12.9. The summed E-state index contributed by atoms with van der Waals surface area (Å²) in [6, 6.07) is 11.9. The lowest BCUT2D eigenvalue weighted by atomic mass is 10.1. The molecule has 2 aliphatic rings. The summed E-state index contributed by atoms with van der Waals surface area (Å²) in [5.41, 5.74) is 9.08. The van der Waals surface area contributed by atoms with E-state index in [2.05, 4.69) is 9.88 Å². The summed E-state index contributed by atoms with van der Waals surface area (Å²) >= 11 is 0. The number of amides is 1.